The number of aryl methyl sites for hydroxylation is 2. The quantitative estimate of drug-likeness (QED) is 0.728. The largest absolute Gasteiger partial charge is 0.298 e. The molecule has 1 aromatic carbocycles. The third-order valence-electron chi connectivity index (χ3n) is 3.07. The number of Topliss-reactive ketones (excluding diaryl/α,β-unsaturated/α-hetero) is 1. The molecule has 0 aliphatic heterocycles. The zero-order valence-corrected chi connectivity index (χ0v) is 13.1. The second-order valence-electron chi connectivity index (χ2n) is 5.75. The number of hydrogen-bond acceptors (Lipinski definition) is 1. The first-order chi connectivity index (χ1) is 7.64. The second-order valence-corrected chi connectivity index (χ2v) is 6.66. The lowest BCUT2D eigenvalue weighted by molar-refractivity contribution is -0.116. The molecule has 94 valence electrons. The van der Waals surface area contributed by atoms with E-state index in [-0.39, 0.29) is 16.0 Å². The van der Waals surface area contributed by atoms with E-state index in [0.29, 0.717) is 0 Å². The number of benzene rings is 1. The summed E-state index contributed by atoms with van der Waals surface area (Å²) in [4.78, 5) is 11.3. The van der Waals surface area contributed by atoms with Crippen molar-refractivity contribution in [3.05, 3.63) is 34.4 Å². The lowest BCUT2D eigenvalue weighted by atomic mass is 9.83. The highest BCUT2D eigenvalue weighted by Gasteiger charge is 2.21. The van der Waals surface area contributed by atoms with Gasteiger partial charge in [0.15, 0.2) is 0 Å². The molecule has 1 atom stereocenters. The molecule has 17 heavy (non-hydrogen) atoms. The molecule has 0 aromatic heterocycles. The van der Waals surface area contributed by atoms with Gasteiger partial charge in [0.2, 0.25) is 0 Å². The van der Waals surface area contributed by atoms with Gasteiger partial charge < -0.3 is 0 Å². The fraction of sp³-hybridized carbons (Fsp3) is 0.533. The van der Waals surface area contributed by atoms with Gasteiger partial charge in [-0.15, -0.1) is 0 Å². The summed E-state index contributed by atoms with van der Waals surface area (Å²) in [7, 11) is 0. The molecule has 0 heterocycles. The Hall–Kier alpha value is -0.630. The van der Waals surface area contributed by atoms with Gasteiger partial charge in [0.1, 0.15) is 5.78 Å². The maximum Gasteiger partial charge on any atom is 0.147 e. The van der Waals surface area contributed by atoms with Crippen LogP contribution in [0, 0.1) is 13.8 Å². The summed E-state index contributed by atoms with van der Waals surface area (Å²) in [6.07, 6.45) is 0. The van der Waals surface area contributed by atoms with Crippen molar-refractivity contribution >= 4 is 21.7 Å². The number of alkyl halides is 1. The number of rotatable bonds is 2. The van der Waals surface area contributed by atoms with Gasteiger partial charge in [-0.1, -0.05) is 48.8 Å². The summed E-state index contributed by atoms with van der Waals surface area (Å²) in [5.41, 5.74) is 4.95. The van der Waals surface area contributed by atoms with E-state index in [9.17, 15) is 4.79 Å². The predicted molar refractivity (Wildman–Crippen MR) is 77.0 cm³/mol. The number of ketones is 1. The lowest BCUT2D eigenvalue weighted by Crippen LogP contribution is -2.14. The van der Waals surface area contributed by atoms with Crippen molar-refractivity contribution < 1.29 is 4.79 Å². The number of carbonyl (C=O) groups excluding carboxylic acids is 1. The van der Waals surface area contributed by atoms with Crippen molar-refractivity contribution in [2.75, 3.05) is 0 Å². The van der Waals surface area contributed by atoms with Crippen LogP contribution < -0.4 is 0 Å². The minimum atomic E-state index is -0.184. The van der Waals surface area contributed by atoms with Crippen LogP contribution >= 0.6 is 15.9 Å². The van der Waals surface area contributed by atoms with Gasteiger partial charge in [-0.2, -0.15) is 0 Å². The first kappa shape index (κ1) is 14.4. The Morgan fingerprint density at radius 2 is 1.59 bits per heavy atom. The SMILES string of the molecule is CC(=O)C(Br)c1c(C)cc(C(C)(C)C)cc1C. The van der Waals surface area contributed by atoms with Crippen molar-refractivity contribution in [1.29, 1.82) is 0 Å². The molecule has 1 unspecified atom stereocenters. The summed E-state index contributed by atoms with van der Waals surface area (Å²) in [5, 5.41) is 0. The molecule has 1 aromatic rings. The standard InChI is InChI=1S/C15H21BrO/c1-9-7-12(15(4,5)6)8-10(2)13(9)14(16)11(3)17/h7-8,14H,1-6H3. The van der Waals surface area contributed by atoms with Crippen molar-refractivity contribution in [1.82, 2.24) is 0 Å². The van der Waals surface area contributed by atoms with Gasteiger partial charge in [-0.05, 0) is 48.4 Å². The minimum Gasteiger partial charge on any atom is -0.298 e. The van der Waals surface area contributed by atoms with Crippen LogP contribution in [-0.2, 0) is 10.2 Å². The fourth-order valence-corrected chi connectivity index (χ4v) is 2.73. The summed E-state index contributed by atoms with van der Waals surface area (Å²) in [6, 6.07) is 4.39. The molecule has 0 spiro atoms. The highest BCUT2D eigenvalue weighted by molar-refractivity contribution is 9.09. The van der Waals surface area contributed by atoms with Crippen molar-refractivity contribution in [2.24, 2.45) is 0 Å². The molecule has 0 saturated carbocycles. The van der Waals surface area contributed by atoms with Crippen LogP contribution in [0.5, 0.6) is 0 Å². The third-order valence-corrected chi connectivity index (χ3v) is 4.17. The molecule has 0 radical (unpaired) electrons. The first-order valence-electron chi connectivity index (χ1n) is 5.90. The highest BCUT2D eigenvalue weighted by Crippen LogP contribution is 2.33. The summed E-state index contributed by atoms with van der Waals surface area (Å²) in [5.74, 6) is 0.153. The van der Waals surface area contributed by atoms with Crippen LogP contribution in [0.4, 0.5) is 0 Å². The number of hydrogen-bond donors (Lipinski definition) is 0. The molecule has 0 fully saturated rings. The van der Waals surface area contributed by atoms with E-state index < -0.39 is 0 Å². The Morgan fingerprint density at radius 1 is 1.18 bits per heavy atom. The van der Waals surface area contributed by atoms with E-state index in [1.54, 1.807) is 6.92 Å². The Bertz CT molecular complexity index is 418. The minimum absolute atomic E-state index is 0.145. The number of carbonyl (C=O) groups is 1. The molecule has 0 bridgehead atoms. The van der Waals surface area contributed by atoms with E-state index in [1.807, 2.05) is 0 Å². The van der Waals surface area contributed by atoms with Gasteiger partial charge in [-0.25, -0.2) is 0 Å². The molecule has 0 N–H and O–H groups in total. The van der Waals surface area contributed by atoms with Crippen LogP contribution in [0.15, 0.2) is 12.1 Å². The Morgan fingerprint density at radius 3 is 1.88 bits per heavy atom. The molecular formula is C15H21BrO. The molecule has 0 amide bonds. The van der Waals surface area contributed by atoms with Crippen LogP contribution in [0.2, 0.25) is 0 Å². The summed E-state index contributed by atoms with van der Waals surface area (Å²) >= 11 is 3.48. The molecule has 0 aliphatic rings. The molecule has 1 nitrogen and oxygen atoms in total. The van der Waals surface area contributed by atoms with Crippen LogP contribution in [-0.4, -0.2) is 5.78 Å². The van der Waals surface area contributed by atoms with E-state index in [1.165, 1.54) is 16.7 Å². The number of halogens is 1. The second kappa shape index (κ2) is 4.93. The van der Waals surface area contributed by atoms with Crippen molar-refractivity contribution in [3.63, 3.8) is 0 Å². The van der Waals surface area contributed by atoms with Gasteiger partial charge >= 0.3 is 0 Å². The van der Waals surface area contributed by atoms with Gasteiger partial charge in [0.25, 0.3) is 0 Å². The zero-order chi connectivity index (χ0) is 13.4. The van der Waals surface area contributed by atoms with Crippen LogP contribution in [0.3, 0.4) is 0 Å². The molecule has 0 aliphatic carbocycles. The predicted octanol–water partition coefficient (Wildman–Crippen LogP) is 4.63. The Balaban J connectivity index is 3.34. The van der Waals surface area contributed by atoms with Crippen LogP contribution in [0.25, 0.3) is 0 Å². The molecular weight excluding hydrogens is 276 g/mol. The Kier molecular flexibility index (Phi) is 4.19. The van der Waals surface area contributed by atoms with E-state index in [0.717, 1.165) is 5.56 Å². The van der Waals surface area contributed by atoms with Crippen LogP contribution in [0.1, 0.15) is 54.8 Å². The maximum absolute atomic E-state index is 11.5. The van der Waals surface area contributed by atoms with Gasteiger partial charge in [0.05, 0.1) is 4.83 Å². The normalized spacial score (nSPS) is 13.6. The topological polar surface area (TPSA) is 17.1 Å². The van der Waals surface area contributed by atoms with Crippen molar-refractivity contribution in [2.45, 2.75) is 51.8 Å². The van der Waals surface area contributed by atoms with E-state index in [4.69, 9.17) is 0 Å². The molecule has 1 rings (SSSR count). The lowest BCUT2D eigenvalue weighted by Gasteiger charge is -2.23. The fourth-order valence-electron chi connectivity index (χ4n) is 2.01. The smallest absolute Gasteiger partial charge is 0.147 e. The molecule has 0 saturated heterocycles. The van der Waals surface area contributed by atoms with E-state index >= 15 is 0 Å². The van der Waals surface area contributed by atoms with Crippen molar-refractivity contribution in [3.8, 4) is 0 Å². The monoisotopic (exact) mass is 296 g/mol. The van der Waals surface area contributed by atoms with Gasteiger partial charge in [0, 0.05) is 0 Å². The van der Waals surface area contributed by atoms with Gasteiger partial charge in [-0.3, -0.25) is 4.79 Å². The first-order valence-corrected chi connectivity index (χ1v) is 6.82. The summed E-state index contributed by atoms with van der Waals surface area (Å²) < 4.78 is 0. The van der Waals surface area contributed by atoms with E-state index in [2.05, 4.69) is 62.7 Å². The maximum atomic E-state index is 11.5. The zero-order valence-electron chi connectivity index (χ0n) is 11.5. The average molecular weight is 297 g/mol. The average Bonchev–Trinajstić information content (AvgIpc) is 2.14. The summed E-state index contributed by atoms with van der Waals surface area (Å²) in [6.45, 7) is 12.4. The molecule has 2 heteroatoms. The highest BCUT2D eigenvalue weighted by atomic mass is 79.9. The third kappa shape index (κ3) is 3.19. The Labute approximate surface area is 113 Å².